The molecule has 20 heavy (non-hydrogen) atoms. The van der Waals surface area contributed by atoms with Gasteiger partial charge in [-0.15, -0.1) is 0 Å². The summed E-state index contributed by atoms with van der Waals surface area (Å²) >= 11 is 0. The first-order valence-electron chi connectivity index (χ1n) is 5.86. The maximum absolute atomic E-state index is 12.4. The number of sulfonamides is 1. The number of anilines is 1. The van der Waals surface area contributed by atoms with Gasteiger partial charge in [-0.25, -0.2) is 0 Å². The highest BCUT2D eigenvalue weighted by atomic mass is 32.2. The Morgan fingerprint density at radius 1 is 1.40 bits per heavy atom. The van der Waals surface area contributed by atoms with Crippen molar-refractivity contribution in [2.24, 2.45) is 12.8 Å². The van der Waals surface area contributed by atoms with E-state index in [2.05, 4.69) is 9.82 Å². The Morgan fingerprint density at radius 3 is 2.70 bits per heavy atom. The molecule has 0 aliphatic rings. The van der Waals surface area contributed by atoms with E-state index in [1.165, 1.54) is 24.1 Å². The van der Waals surface area contributed by atoms with Crippen LogP contribution in [0, 0.1) is 0 Å². The van der Waals surface area contributed by atoms with Crippen molar-refractivity contribution in [1.29, 1.82) is 0 Å². The molecular formula is C12H16N4O3S. The summed E-state index contributed by atoms with van der Waals surface area (Å²) in [6.07, 6.45) is 1.42. The van der Waals surface area contributed by atoms with Gasteiger partial charge in [0.15, 0.2) is 5.03 Å². The van der Waals surface area contributed by atoms with Crippen LogP contribution in [0.1, 0.15) is 5.56 Å². The fraction of sp³-hybridized carbons (Fsp3) is 0.250. The zero-order chi connectivity index (χ0) is 14.8. The predicted molar refractivity (Wildman–Crippen MR) is 74.9 cm³/mol. The molecule has 0 radical (unpaired) electrons. The van der Waals surface area contributed by atoms with Crippen molar-refractivity contribution in [1.82, 2.24) is 9.78 Å². The van der Waals surface area contributed by atoms with Crippen LogP contribution in [0.25, 0.3) is 0 Å². The van der Waals surface area contributed by atoms with E-state index in [0.717, 1.165) is 0 Å². The third-order valence-corrected chi connectivity index (χ3v) is 4.26. The van der Waals surface area contributed by atoms with E-state index in [1.54, 1.807) is 25.2 Å². The molecule has 1 aromatic carbocycles. The lowest BCUT2D eigenvalue weighted by Crippen LogP contribution is -2.18. The number of para-hydroxylation sites is 1. The van der Waals surface area contributed by atoms with E-state index >= 15 is 0 Å². The van der Waals surface area contributed by atoms with Gasteiger partial charge >= 0.3 is 0 Å². The third kappa shape index (κ3) is 2.61. The number of hydrogen-bond acceptors (Lipinski definition) is 5. The molecule has 2 rings (SSSR count). The van der Waals surface area contributed by atoms with Crippen LogP contribution in [0.5, 0.6) is 5.75 Å². The fourth-order valence-electron chi connectivity index (χ4n) is 1.84. The average Bonchev–Trinajstić information content (AvgIpc) is 2.85. The van der Waals surface area contributed by atoms with Crippen molar-refractivity contribution in [3.05, 3.63) is 36.0 Å². The molecule has 0 fully saturated rings. The van der Waals surface area contributed by atoms with Crippen LogP contribution >= 0.6 is 0 Å². The van der Waals surface area contributed by atoms with Gasteiger partial charge in [0.1, 0.15) is 5.75 Å². The van der Waals surface area contributed by atoms with Crippen molar-refractivity contribution in [2.45, 2.75) is 11.6 Å². The molecule has 108 valence electrons. The number of aryl methyl sites for hydroxylation is 1. The minimum atomic E-state index is -3.75. The van der Waals surface area contributed by atoms with Crippen LogP contribution in [-0.2, 0) is 23.6 Å². The second kappa shape index (κ2) is 5.51. The van der Waals surface area contributed by atoms with Crippen molar-refractivity contribution in [3.63, 3.8) is 0 Å². The molecule has 3 N–H and O–H groups in total. The number of rotatable bonds is 5. The highest BCUT2D eigenvalue weighted by Crippen LogP contribution is 2.30. The summed E-state index contributed by atoms with van der Waals surface area (Å²) in [7, 11) is -0.725. The molecule has 0 saturated carbocycles. The van der Waals surface area contributed by atoms with Crippen LogP contribution in [0.15, 0.2) is 35.5 Å². The van der Waals surface area contributed by atoms with Crippen LogP contribution in [0.3, 0.4) is 0 Å². The zero-order valence-electron chi connectivity index (χ0n) is 11.2. The zero-order valence-corrected chi connectivity index (χ0v) is 12.0. The molecule has 0 amide bonds. The molecule has 1 aromatic heterocycles. The predicted octanol–water partition coefficient (Wildman–Crippen LogP) is 0.688. The maximum atomic E-state index is 12.4. The molecule has 0 atom stereocenters. The number of hydrogen-bond donors (Lipinski definition) is 2. The topological polar surface area (TPSA) is 99.2 Å². The SMILES string of the molecule is COc1cccc(CN)c1NS(=O)(=O)c1ccnn1C. The summed E-state index contributed by atoms with van der Waals surface area (Å²) in [5.74, 6) is 0.415. The number of nitrogens with two attached hydrogens (primary N) is 1. The van der Waals surface area contributed by atoms with Gasteiger partial charge in [0.05, 0.1) is 19.0 Å². The van der Waals surface area contributed by atoms with Gasteiger partial charge in [0, 0.05) is 13.6 Å². The number of ether oxygens (including phenoxy) is 1. The highest BCUT2D eigenvalue weighted by Gasteiger charge is 2.21. The lowest BCUT2D eigenvalue weighted by Gasteiger charge is -2.15. The van der Waals surface area contributed by atoms with E-state index in [4.69, 9.17) is 10.5 Å². The third-order valence-electron chi connectivity index (χ3n) is 2.84. The Bertz CT molecular complexity index is 687. The first kappa shape index (κ1) is 14.4. The normalized spacial score (nSPS) is 11.3. The molecule has 2 aromatic rings. The second-order valence-corrected chi connectivity index (χ2v) is 5.73. The van der Waals surface area contributed by atoms with Gasteiger partial charge in [-0.3, -0.25) is 9.40 Å². The van der Waals surface area contributed by atoms with Gasteiger partial charge < -0.3 is 10.5 Å². The standard InChI is InChI=1S/C12H16N4O3S/c1-16-11(6-7-14-16)20(17,18)15-12-9(8-13)4-3-5-10(12)19-2/h3-7,15H,8,13H2,1-2H3. The summed E-state index contributed by atoms with van der Waals surface area (Å²) in [4.78, 5) is 0. The van der Waals surface area contributed by atoms with Crippen molar-refractivity contribution >= 4 is 15.7 Å². The monoisotopic (exact) mass is 296 g/mol. The number of methoxy groups -OCH3 is 1. The lowest BCUT2D eigenvalue weighted by molar-refractivity contribution is 0.416. The Morgan fingerprint density at radius 2 is 2.15 bits per heavy atom. The first-order chi connectivity index (χ1) is 9.49. The average molecular weight is 296 g/mol. The van der Waals surface area contributed by atoms with Crippen LogP contribution in [-0.4, -0.2) is 25.3 Å². The molecule has 0 aliphatic carbocycles. The van der Waals surface area contributed by atoms with E-state index in [1.807, 2.05) is 0 Å². The minimum Gasteiger partial charge on any atom is -0.495 e. The van der Waals surface area contributed by atoms with Gasteiger partial charge in [-0.1, -0.05) is 12.1 Å². The van der Waals surface area contributed by atoms with Gasteiger partial charge in [0.25, 0.3) is 10.0 Å². The summed E-state index contributed by atoms with van der Waals surface area (Å²) in [6, 6.07) is 6.58. The molecule has 0 saturated heterocycles. The second-order valence-electron chi connectivity index (χ2n) is 4.10. The Labute approximate surface area is 117 Å². The number of aromatic nitrogens is 2. The quantitative estimate of drug-likeness (QED) is 0.845. The van der Waals surface area contributed by atoms with Crippen LogP contribution in [0.2, 0.25) is 0 Å². The molecule has 0 aliphatic heterocycles. The Hall–Kier alpha value is -2.06. The maximum Gasteiger partial charge on any atom is 0.279 e. The molecular weight excluding hydrogens is 280 g/mol. The molecule has 0 bridgehead atoms. The van der Waals surface area contributed by atoms with E-state index < -0.39 is 10.0 Å². The number of nitrogens with one attached hydrogen (secondary N) is 1. The highest BCUT2D eigenvalue weighted by molar-refractivity contribution is 7.92. The summed E-state index contributed by atoms with van der Waals surface area (Å²) in [6.45, 7) is 0.195. The Kier molecular flexibility index (Phi) is 3.96. The number of benzene rings is 1. The van der Waals surface area contributed by atoms with Crippen molar-refractivity contribution < 1.29 is 13.2 Å². The lowest BCUT2D eigenvalue weighted by atomic mass is 10.1. The number of nitrogens with zero attached hydrogens (tertiary/aromatic N) is 2. The molecule has 1 heterocycles. The van der Waals surface area contributed by atoms with Crippen LogP contribution in [0.4, 0.5) is 5.69 Å². The van der Waals surface area contributed by atoms with E-state index in [0.29, 0.717) is 17.0 Å². The summed E-state index contributed by atoms with van der Waals surface area (Å²) in [5.41, 5.74) is 6.63. The minimum absolute atomic E-state index is 0.0615. The molecule has 0 spiro atoms. The Balaban J connectivity index is 2.47. The van der Waals surface area contributed by atoms with Gasteiger partial charge in [0.2, 0.25) is 0 Å². The van der Waals surface area contributed by atoms with Gasteiger partial charge in [-0.2, -0.15) is 13.5 Å². The largest absolute Gasteiger partial charge is 0.495 e. The van der Waals surface area contributed by atoms with Crippen molar-refractivity contribution in [3.8, 4) is 5.75 Å². The van der Waals surface area contributed by atoms with E-state index in [9.17, 15) is 8.42 Å². The fourth-order valence-corrected chi connectivity index (χ4v) is 3.08. The van der Waals surface area contributed by atoms with E-state index in [-0.39, 0.29) is 11.6 Å². The first-order valence-corrected chi connectivity index (χ1v) is 7.34. The smallest absolute Gasteiger partial charge is 0.279 e. The summed E-state index contributed by atoms with van der Waals surface area (Å²) in [5, 5.41) is 3.91. The van der Waals surface area contributed by atoms with Crippen LogP contribution < -0.4 is 15.2 Å². The van der Waals surface area contributed by atoms with Crippen molar-refractivity contribution in [2.75, 3.05) is 11.8 Å². The molecule has 0 unspecified atom stereocenters. The molecule has 8 heteroatoms. The van der Waals surface area contributed by atoms with Gasteiger partial charge in [-0.05, 0) is 17.7 Å². The summed E-state index contributed by atoms with van der Waals surface area (Å²) < 4.78 is 33.7. The molecule has 7 nitrogen and oxygen atoms in total.